The van der Waals surface area contributed by atoms with Gasteiger partial charge in [0.2, 0.25) is 6.08 Å². The summed E-state index contributed by atoms with van der Waals surface area (Å²) in [4.78, 5) is 13.4. The van der Waals surface area contributed by atoms with Crippen molar-refractivity contribution in [1.29, 1.82) is 0 Å². The van der Waals surface area contributed by atoms with E-state index in [2.05, 4.69) is 4.99 Å². The number of rotatable bonds is 4. The SMILES string of the molecule is CC(CCc1ccco1)N=C=O. The van der Waals surface area contributed by atoms with Crippen molar-refractivity contribution in [3.05, 3.63) is 24.2 Å². The molecule has 1 atom stereocenters. The predicted molar refractivity (Wildman–Crippen MR) is 44.6 cm³/mol. The number of isocyanates is 1. The van der Waals surface area contributed by atoms with Crippen molar-refractivity contribution >= 4 is 6.08 Å². The Morgan fingerprint density at radius 2 is 2.58 bits per heavy atom. The maximum absolute atomic E-state index is 9.86. The van der Waals surface area contributed by atoms with Crippen LogP contribution in [0, 0.1) is 0 Å². The highest BCUT2D eigenvalue weighted by Gasteiger charge is 2.01. The first-order chi connectivity index (χ1) is 5.83. The number of hydrogen-bond donors (Lipinski definition) is 0. The Labute approximate surface area is 71.1 Å². The molecule has 3 nitrogen and oxygen atoms in total. The summed E-state index contributed by atoms with van der Waals surface area (Å²) in [6.07, 6.45) is 4.82. The number of furan rings is 1. The molecule has 0 aromatic carbocycles. The lowest BCUT2D eigenvalue weighted by atomic mass is 10.1. The molecule has 0 N–H and O–H groups in total. The summed E-state index contributed by atoms with van der Waals surface area (Å²) in [5.41, 5.74) is 0. The van der Waals surface area contributed by atoms with Gasteiger partial charge in [-0.1, -0.05) is 0 Å². The van der Waals surface area contributed by atoms with Gasteiger partial charge >= 0.3 is 0 Å². The normalized spacial score (nSPS) is 12.1. The van der Waals surface area contributed by atoms with Crippen molar-refractivity contribution in [2.75, 3.05) is 0 Å². The second-order valence-corrected chi connectivity index (χ2v) is 2.69. The van der Waals surface area contributed by atoms with E-state index < -0.39 is 0 Å². The molecule has 3 heteroatoms. The smallest absolute Gasteiger partial charge is 0.235 e. The molecular formula is C9H11NO2. The summed E-state index contributed by atoms with van der Waals surface area (Å²) in [7, 11) is 0. The van der Waals surface area contributed by atoms with Crippen LogP contribution < -0.4 is 0 Å². The standard InChI is InChI=1S/C9H11NO2/c1-8(10-7-11)4-5-9-3-2-6-12-9/h2-3,6,8H,4-5H2,1H3. The molecule has 0 spiro atoms. The van der Waals surface area contributed by atoms with Gasteiger partial charge in [-0.3, -0.25) is 0 Å². The van der Waals surface area contributed by atoms with Crippen LogP contribution in [0.2, 0.25) is 0 Å². The lowest BCUT2D eigenvalue weighted by Crippen LogP contribution is -1.98. The summed E-state index contributed by atoms with van der Waals surface area (Å²) >= 11 is 0. The summed E-state index contributed by atoms with van der Waals surface area (Å²) in [6, 6.07) is 3.80. The van der Waals surface area contributed by atoms with E-state index in [-0.39, 0.29) is 6.04 Å². The number of hydrogen-bond acceptors (Lipinski definition) is 3. The minimum atomic E-state index is 0.0348. The first-order valence-electron chi connectivity index (χ1n) is 3.92. The first-order valence-corrected chi connectivity index (χ1v) is 3.92. The van der Waals surface area contributed by atoms with E-state index in [0.717, 1.165) is 18.6 Å². The van der Waals surface area contributed by atoms with Crippen LogP contribution in [0.4, 0.5) is 0 Å². The molecule has 1 heterocycles. The first kappa shape index (κ1) is 8.75. The molecule has 0 saturated heterocycles. The van der Waals surface area contributed by atoms with Gasteiger partial charge in [0.25, 0.3) is 0 Å². The summed E-state index contributed by atoms with van der Waals surface area (Å²) < 4.78 is 5.12. The Hall–Kier alpha value is -1.34. The van der Waals surface area contributed by atoms with E-state index in [1.54, 1.807) is 12.3 Å². The lowest BCUT2D eigenvalue weighted by molar-refractivity contribution is 0.489. The maximum atomic E-state index is 9.86. The molecule has 0 amide bonds. The van der Waals surface area contributed by atoms with Gasteiger partial charge in [0.05, 0.1) is 12.3 Å². The van der Waals surface area contributed by atoms with Crippen LogP contribution >= 0.6 is 0 Å². The molecule has 0 aliphatic heterocycles. The second-order valence-electron chi connectivity index (χ2n) is 2.69. The van der Waals surface area contributed by atoms with Crippen molar-refractivity contribution in [2.24, 2.45) is 4.99 Å². The Morgan fingerprint density at radius 1 is 1.75 bits per heavy atom. The second kappa shape index (κ2) is 4.52. The van der Waals surface area contributed by atoms with Crippen molar-refractivity contribution in [2.45, 2.75) is 25.8 Å². The lowest BCUT2D eigenvalue weighted by Gasteiger charge is -2.00. The summed E-state index contributed by atoms with van der Waals surface area (Å²) in [5, 5.41) is 0. The molecule has 1 aromatic heterocycles. The average molecular weight is 165 g/mol. The summed E-state index contributed by atoms with van der Waals surface area (Å²) in [6.45, 7) is 1.88. The van der Waals surface area contributed by atoms with Crippen LogP contribution in [0.1, 0.15) is 19.1 Å². The van der Waals surface area contributed by atoms with Crippen molar-refractivity contribution in [1.82, 2.24) is 0 Å². The van der Waals surface area contributed by atoms with Gasteiger partial charge in [0, 0.05) is 6.42 Å². The Kier molecular flexibility index (Phi) is 3.30. The van der Waals surface area contributed by atoms with E-state index in [9.17, 15) is 4.79 Å². The van der Waals surface area contributed by atoms with E-state index >= 15 is 0 Å². The molecule has 0 aliphatic rings. The molecular weight excluding hydrogens is 154 g/mol. The monoisotopic (exact) mass is 165 g/mol. The Morgan fingerprint density at radius 3 is 3.17 bits per heavy atom. The average Bonchev–Trinajstić information content (AvgIpc) is 2.53. The van der Waals surface area contributed by atoms with Crippen molar-refractivity contribution < 1.29 is 9.21 Å². The van der Waals surface area contributed by atoms with Gasteiger partial charge < -0.3 is 4.42 Å². The zero-order chi connectivity index (χ0) is 8.81. The number of aryl methyl sites for hydroxylation is 1. The molecule has 1 aromatic rings. The molecule has 0 radical (unpaired) electrons. The minimum absolute atomic E-state index is 0.0348. The zero-order valence-electron chi connectivity index (χ0n) is 6.99. The van der Waals surface area contributed by atoms with Gasteiger partial charge in [-0.15, -0.1) is 0 Å². The topological polar surface area (TPSA) is 42.6 Å². The molecule has 12 heavy (non-hydrogen) atoms. The predicted octanol–water partition coefficient (Wildman–Crippen LogP) is 1.94. The fourth-order valence-corrected chi connectivity index (χ4v) is 0.960. The van der Waals surface area contributed by atoms with E-state index in [1.807, 2.05) is 19.1 Å². The fourth-order valence-electron chi connectivity index (χ4n) is 0.960. The van der Waals surface area contributed by atoms with Crippen LogP contribution in [-0.2, 0) is 11.2 Å². The Balaban J connectivity index is 2.31. The molecule has 0 fully saturated rings. The third kappa shape index (κ3) is 2.72. The third-order valence-electron chi connectivity index (χ3n) is 1.66. The fraction of sp³-hybridized carbons (Fsp3) is 0.444. The van der Waals surface area contributed by atoms with Crippen LogP contribution in [-0.4, -0.2) is 12.1 Å². The largest absolute Gasteiger partial charge is 0.469 e. The number of aliphatic imine (C=N–C) groups is 1. The van der Waals surface area contributed by atoms with Crippen LogP contribution in [0.15, 0.2) is 27.8 Å². The molecule has 64 valence electrons. The number of nitrogens with zero attached hydrogens (tertiary/aromatic N) is 1. The molecule has 0 saturated carbocycles. The Bertz CT molecular complexity index is 260. The van der Waals surface area contributed by atoms with Gasteiger partial charge in [-0.2, -0.15) is 0 Å². The number of carbonyl (C=O) groups excluding carboxylic acids is 1. The summed E-state index contributed by atoms with van der Waals surface area (Å²) in [5.74, 6) is 0.933. The van der Waals surface area contributed by atoms with Gasteiger partial charge in [0.15, 0.2) is 0 Å². The highest BCUT2D eigenvalue weighted by Crippen LogP contribution is 2.06. The molecule has 0 aliphatic carbocycles. The van der Waals surface area contributed by atoms with Crippen LogP contribution in [0.3, 0.4) is 0 Å². The highest BCUT2D eigenvalue weighted by atomic mass is 16.3. The van der Waals surface area contributed by atoms with E-state index in [4.69, 9.17) is 4.42 Å². The van der Waals surface area contributed by atoms with Crippen molar-refractivity contribution in [3.63, 3.8) is 0 Å². The zero-order valence-corrected chi connectivity index (χ0v) is 6.99. The van der Waals surface area contributed by atoms with Gasteiger partial charge in [-0.25, -0.2) is 9.79 Å². The maximum Gasteiger partial charge on any atom is 0.235 e. The van der Waals surface area contributed by atoms with Crippen molar-refractivity contribution in [3.8, 4) is 0 Å². The van der Waals surface area contributed by atoms with Gasteiger partial charge in [0.1, 0.15) is 5.76 Å². The van der Waals surface area contributed by atoms with Crippen LogP contribution in [0.25, 0.3) is 0 Å². The molecule has 0 bridgehead atoms. The third-order valence-corrected chi connectivity index (χ3v) is 1.66. The molecule has 1 unspecified atom stereocenters. The quantitative estimate of drug-likeness (QED) is 0.505. The van der Waals surface area contributed by atoms with E-state index in [0.29, 0.717) is 0 Å². The van der Waals surface area contributed by atoms with E-state index in [1.165, 1.54) is 0 Å². The highest BCUT2D eigenvalue weighted by molar-refractivity contribution is 5.33. The minimum Gasteiger partial charge on any atom is -0.469 e. The molecule has 1 rings (SSSR count). The van der Waals surface area contributed by atoms with Crippen LogP contribution in [0.5, 0.6) is 0 Å². The van der Waals surface area contributed by atoms with Gasteiger partial charge in [-0.05, 0) is 25.5 Å².